The lowest BCUT2D eigenvalue weighted by atomic mass is 10.2. The Labute approximate surface area is 127 Å². The number of ether oxygens (including phenoxy) is 1. The van der Waals surface area contributed by atoms with Crippen LogP contribution in [0.5, 0.6) is 0 Å². The number of benzene rings is 1. The van der Waals surface area contributed by atoms with Gasteiger partial charge in [-0.2, -0.15) is 0 Å². The molecule has 3 rings (SSSR count). The van der Waals surface area contributed by atoms with Crippen LogP contribution in [0.3, 0.4) is 0 Å². The predicted molar refractivity (Wildman–Crippen MR) is 84.0 cm³/mol. The van der Waals surface area contributed by atoms with E-state index in [2.05, 4.69) is 15.3 Å². The van der Waals surface area contributed by atoms with Gasteiger partial charge in [0.1, 0.15) is 17.6 Å². The number of hydrogen-bond acceptors (Lipinski definition) is 5. The van der Waals surface area contributed by atoms with Crippen LogP contribution in [0.1, 0.15) is 17.6 Å². The molecule has 1 atom stereocenters. The standard InChI is InChI=1S/C16H17N3O3/c1-10-7-8-14(22-10)13(9-21-2)18-16-17-12-6-4-3-5-11(12)15(20)19-16/h3-8,13H,9H2,1-2H3,(H2,17,18,19,20). The van der Waals surface area contributed by atoms with Gasteiger partial charge in [0.05, 0.1) is 17.5 Å². The number of nitrogens with one attached hydrogen (secondary N) is 2. The van der Waals surface area contributed by atoms with Crippen molar-refractivity contribution in [3.8, 4) is 0 Å². The van der Waals surface area contributed by atoms with Crippen molar-refractivity contribution >= 4 is 16.9 Å². The van der Waals surface area contributed by atoms with E-state index in [1.54, 1.807) is 19.2 Å². The molecule has 0 bridgehead atoms. The topological polar surface area (TPSA) is 80.1 Å². The Morgan fingerprint density at radius 1 is 1.32 bits per heavy atom. The third kappa shape index (κ3) is 2.87. The summed E-state index contributed by atoms with van der Waals surface area (Å²) in [5.41, 5.74) is 0.459. The minimum atomic E-state index is -0.233. The van der Waals surface area contributed by atoms with E-state index in [-0.39, 0.29) is 11.6 Å². The SMILES string of the molecule is COCC(Nc1nc2ccccc2c(=O)[nH]1)c1ccc(C)o1. The van der Waals surface area contributed by atoms with E-state index in [1.807, 2.05) is 31.2 Å². The molecule has 0 saturated carbocycles. The highest BCUT2D eigenvalue weighted by Crippen LogP contribution is 2.20. The van der Waals surface area contributed by atoms with Crippen LogP contribution in [0.2, 0.25) is 0 Å². The minimum Gasteiger partial charge on any atom is -0.464 e. The van der Waals surface area contributed by atoms with Crippen molar-refractivity contribution < 1.29 is 9.15 Å². The Hall–Kier alpha value is -2.60. The molecule has 0 aliphatic heterocycles. The molecule has 0 amide bonds. The van der Waals surface area contributed by atoms with Gasteiger partial charge in [-0.3, -0.25) is 9.78 Å². The van der Waals surface area contributed by atoms with Crippen molar-refractivity contribution in [1.82, 2.24) is 9.97 Å². The van der Waals surface area contributed by atoms with Gasteiger partial charge in [0.15, 0.2) is 0 Å². The molecule has 22 heavy (non-hydrogen) atoms. The number of methoxy groups -OCH3 is 1. The molecule has 1 unspecified atom stereocenters. The zero-order chi connectivity index (χ0) is 15.5. The summed E-state index contributed by atoms with van der Waals surface area (Å²) in [6.07, 6.45) is 0. The highest BCUT2D eigenvalue weighted by Gasteiger charge is 2.16. The minimum absolute atomic E-state index is 0.181. The molecule has 0 aliphatic carbocycles. The number of fused-ring (bicyclic) bond motifs is 1. The second-order valence-electron chi connectivity index (χ2n) is 5.03. The van der Waals surface area contributed by atoms with Crippen LogP contribution in [0.15, 0.2) is 45.6 Å². The molecule has 114 valence electrons. The van der Waals surface area contributed by atoms with Gasteiger partial charge in [0.2, 0.25) is 5.95 Å². The maximum atomic E-state index is 12.1. The molecular weight excluding hydrogens is 282 g/mol. The molecule has 1 aromatic carbocycles. The van der Waals surface area contributed by atoms with E-state index in [0.29, 0.717) is 23.5 Å². The third-order valence-corrected chi connectivity index (χ3v) is 3.36. The van der Waals surface area contributed by atoms with Crippen LogP contribution >= 0.6 is 0 Å². The Morgan fingerprint density at radius 3 is 2.86 bits per heavy atom. The van der Waals surface area contributed by atoms with Gasteiger partial charge >= 0.3 is 0 Å². The quantitative estimate of drug-likeness (QED) is 0.757. The molecule has 0 saturated heterocycles. The maximum Gasteiger partial charge on any atom is 0.260 e. The molecule has 3 aromatic rings. The zero-order valence-electron chi connectivity index (χ0n) is 12.4. The average Bonchev–Trinajstić information content (AvgIpc) is 2.93. The molecule has 6 nitrogen and oxygen atoms in total. The fourth-order valence-corrected chi connectivity index (χ4v) is 2.32. The lowest BCUT2D eigenvalue weighted by Crippen LogP contribution is -2.20. The Balaban J connectivity index is 1.94. The first-order valence-corrected chi connectivity index (χ1v) is 6.98. The van der Waals surface area contributed by atoms with Crippen LogP contribution in [-0.2, 0) is 4.74 Å². The third-order valence-electron chi connectivity index (χ3n) is 3.36. The number of furan rings is 1. The summed E-state index contributed by atoms with van der Waals surface area (Å²) < 4.78 is 10.8. The van der Waals surface area contributed by atoms with Gasteiger partial charge in [-0.1, -0.05) is 12.1 Å². The lowest BCUT2D eigenvalue weighted by Gasteiger charge is -2.16. The van der Waals surface area contributed by atoms with Crippen molar-refractivity contribution in [1.29, 1.82) is 0 Å². The first kappa shape index (κ1) is 14.3. The van der Waals surface area contributed by atoms with Crippen molar-refractivity contribution in [3.05, 3.63) is 58.3 Å². The molecule has 2 N–H and O–H groups in total. The van der Waals surface area contributed by atoms with E-state index in [9.17, 15) is 4.79 Å². The summed E-state index contributed by atoms with van der Waals surface area (Å²) in [6.45, 7) is 2.27. The average molecular weight is 299 g/mol. The van der Waals surface area contributed by atoms with Gasteiger partial charge in [-0.05, 0) is 31.2 Å². The predicted octanol–water partition coefficient (Wildman–Crippen LogP) is 2.62. The number of anilines is 1. The van der Waals surface area contributed by atoms with Gasteiger partial charge in [0, 0.05) is 7.11 Å². The number of nitrogens with zero attached hydrogens (tertiary/aromatic N) is 1. The largest absolute Gasteiger partial charge is 0.464 e. The van der Waals surface area contributed by atoms with Crippen molar-refractivity contribution in [2.45, 2.75) is 13.0 Å². The van der Waals surface area contributed by atoms with Crippen LogP contribution in [0.25, 0.3) is 10.9 Å². The monoisotopic (exact) mass is 299 g/mol. The number of aromatic nitrogens is 2. The van der Waals surface area contributed by atoms with Crippen molar-refractivity contribution in [3.63, 3.8) is 0 Å². The summed E-state index contributed by atoms with van der Waals surface area (Å²) >= 11 is 0. The summed E-state index contributed by atoms with van der Waals surface area (Å²) in [4.78, 5) is 19.3. The molecule has 0 radical (unpaired) electrons. The van der Waals surface area contributed by atoms with Gasteiger partial charge in [-0.25, -0.2) is 4.98 Å². The molecule has 2 aromatic heterocycles. The molecule has 2 heterocycles. The summed E-state index contributed by atoms with van der Waals surface area (Å²) in [6, 6.07) is 10.7. The Bertz CT molecular complexity index is 838. The van der Waals surface area contributed by atoms with Crippen molar-refractivity contribution in [2.75, 3.05) is 19.0 Å². The fourth-order valence-electron chi connectivity index (χ4n) is 2.32. The highest BCUT2D eigenvalue weighted by atomic mass is 16.5. The van der Waals surface area contributed by atoms with Crippen molar-refractivity contribution in [2.24, 2.45) is 0 Å². The Kier molecular flexibility index (Phi) is 3.93. The number of rotatable bonds is 5. The van der Waals surface area contributed by atoms with E-state index in [4.69, 9.17) is 9.15 Å². The van der Waals surface area contributed by atoms with E-state index >= 15 is 0 Å². The normalized spacial score (nSPS) is 12.5. The summed E-state index contributed by atoms with van der Waals surface area (Å²) in [5.74, 6) is 1.94. The van der Waals surface area contributed by atoms with E-state index in [0.717, 1.165) is 11.5 Å². The van der Waals surface area contributed by atoms with E-state index < -0.39 is 0 Å². The molecule has 0 spiro atoms. The fraction of sp³-hybridized carbons (Fsp3) is 0.250. The number of H-pyrrole nitrogens is 1. The Morgan fingerprint density at radius 2 is 2.14 bits per heavy atom. The van der Waals surface area contributed by atoms with E-state index in [1.165, 1.54) is 0 Å². The van der Waals surface area contributed by atoms with Crippen LogP contribution in [0, 0.1) is 6.92 Å². The second-order valence-corrected chi connectivity index (χ2v) is 5.03. The number of aryl methyl sites for hydroxylation is 1. The van der Waals surface area contributed by atoms with Gasteiger partial charge in [-0.15, -0.1) is 0 Å². The number of para-hydroxylation sites is 1. The second kappa shape index (κ2) is 6.03. The molecule has 6 heteroatoms. The first-order valence-electron chi connectivity index (χ1n) is 6.98. The molecule has 0 fully saturated rings. The molecular formula is C16H17N3O3. The summed E-state index contributed by atoms with van der Waals surface area (Å²) in [5, 5.41) is 3.72. The molecule has 0 aliphatic rings. The summed E-state index contributed by atoms with van der Waals surface area (Å²) in [7, 11) is 1.61. The number of hydrogen-bond donors (Lipinski definition) is 2. The van der Waals surface area contributed by atoms with Crippen LogP contribution in [0.4, 0.5) is 5.95 Å². The lowest BCUT2D eigenvalue weighted by molar-refractivity contribution is 0.178. The number of aromatic amines is 1. The first-order chi connectivity index (χ1) is 10.7. The van der Waals surface area contributed by atoms with Crippen LogP contribution in [-0.4, -0.2) is 23.7 Å². The van der Waals surface area contributed by atoms with Gasteiger partial charge in [0.25, 0.3) is 5.56 Å². The van der Waals surface area contributed by atoms with Crippen LogP contribution < -0.4 is 10.9 Å². The smallest absolute Gasteiger partial charge is 0.260 e. The van der Waals surface area contributed by atoms with Gasteiger partial charge < -0.3 is 14.5 Å². The highest BCUT2D eigenvalue weighted by molar-refractivity contribution is 5.78. The maximum absolute atomic E-state index is 12.1. The zero-order valence-corrected chi connectivity index (χ0v) is 12.4.